The molecule has 134 valence electrons. The number of carbonyl (C=O) groups excluding carboxylic acids is 2. The summed E-state index contributed by atoms with van der Waals surface area (Å²) in [7, 11) is 0. The summed E-state index contributed by atoms with van der Waals surface area (Å²) in [5, 5.41) is 2.09. The van der Waals surface area contributed by atoms with Crippen molar-refractivity contribution in [2.24, 2.45) is 11.8 Å². The van der Waals surface area contributed by atoms with E-state index in [-0.39, 0.29) is 23.8 Å². The van der Waals surface area contributed by atoms with E-state index < -0.39 is 0 Å². The fraction of sp³-hybridized carbons (Fsp3) is 0.700. The molecule has 0 unspecified atom stereocenters. The van der Waals surface area contributed by atoms with Crippen LogP contribution in [-0.2, 0) is 9.59 Å². The van der Waals surface area contributed by atoms with Crippen molar-refractivity contribution in [1.29, 1.82) is 0 Å². The summed E-state index contributed by atoms with van der Waals surface area (Å²) in [6.07, 6.45) is 7.63. The van der Waals surface area contributed by atoms with E-state index in [1.165, 1.54) is 4.88 Å². The lowest BCUT2D eigenvalue weighted by atomic mass is 9.73. The van der Waals surface area contributed by atoms with Crippen LogP contribution in [0.5, 0.6) is 0 Å². The lowest BCUT2D eigenvalue weighted by Gasteiger charge is -2.51. The molecule has 1 aromatic heterocycles. The molecule has 5 fully saturated rings. The number of carbonyl (C=O) groups is 2. The van der Waals surface area contributed by atoms with Gasteiger partial charge in [-0.25, -0.2) is 0 Å². The average molecular weight is 359 g/mol. The highest BCUT2D eigenvalue weighted by Gasteiger charge is 2.54. The van der Waals surface area contributed by atoms with Crippen LogP contribution in [0, 0.1) is 11.8 Å². The summed E-state index contributed by atoms with van der Waals surface area (Å²) in [5.74, 6) is 1.42. The number of nitrogens with zero attached hydrogens (tertiary/aromatic N) is 2. The van der Waals surface area contributed by atoms with Crippen molar-refractivity contribution in [2.45, 2.75) is 62.9 Å². The second kappa shape index (κ2) is 6.11. The third-order valence-electron chi connectivity index (χ3n) is 6.82. The zero-order valence-electron chi connectivity index (χ0n) is 14.6. The summed E-state index contributed by atoms with van der Waals surface area (Å²) in [5.41, 5.74) is 0. The maximum Gasteiger partial charge on any atom is 0.245 e. The number of amides is 2. The molecule has 0 spiro atoms. The molecular formula is C20H26N2O2S. The summed E-state index contributed by atoms with van der Waals surface area (Å²) >= 11 is 1.76. The van der Waals surface area contributed by atoms with Crippen molar-refractivity contribution in [2.75, 3.05) is 13.1 Å². The molecule has 3 saturated heterocycles. The Kier molecular flexibility index (Phi) is 3.88. The molecule has 25 heavy (non-hydrogen) atoms. The molecular weight excluding hydrogens is 332 g/mol. The lowest BCUT2D eigenvalue weighted by Crippen LogP contribution is -2.63. The highest BCUT2D eigenvalue weighted by atomic mass is 32.1. The van der Waals surface area contributed by atoms with Gasteiger partial charge < -0.3 is 9.80 Å². The molecule has 3 atom stereocenters. The molecule has 2 amide bonds. The van der Waals surface area contributed by atoms with Crippen LogP contribution < -0.4 is 0 Å². The van der Waals surface area contributed by atoms with Gasteiger partial charge in [-0.1, -0.05) is 6.07 Å². The third-order valence-corrected chi connectivity index (χ3v) is 7.83. The molecule has 5 aliphatic rings. The molecule has 0 N–H and O–H groups in total. The second-order valence-electron chi connectivity index (χ2n) is 8.26. The van der Waals surface area contributed by atoms with Crippen molar-refractivity contribution in [3.63, 3.8) is 0 Å². The molecule has 1 aromatic rings. The Morgan fingerprint density at radius 2 is 1.80 bits per heavy atom. The number of likely N-dealkylation sites (tertiary alicyclic amines) is 1. The predicted molar refractivity (Wildman–Crippen MR) is 97.4 cm³/mol. The van der Waals surface area contributed by atoms with Crippen LogP contribution in [0.25, 0.3) is 0 Å². The van der Waals surface area contributed by atoms with Gasteiger partial charge in [0.1, 0.15) is 6.04 Å². The van der Waals surface area contributed by atoms with E-state index >= 15 is 0 Å². The quantitative estimate of drug-likeness (QED) is 0.832. The van der Waals surface area contributed by atoms with Crippen LogP contribution in [0.2, 0.25) is 0 Å². The highest BCUT2D eigenvalue weighted by Crippen LogP contribution is 2.52. The number of hydrogen-bond acceptors (Lipinski definition) is 3. The van der Waals surface area contributed by atoms with Gasteiger partial charge in [-0.15, -0.1) is 11.3 Å². The first kappa shape index (κ1) is 15.9. The van der Waals surface area contributed by atoms with Crippen molar-refractivity contribution in [3.8, 4) is 0 Å². The number of fused-ring (bicyclic) bond motifs is 3. The maximum absolute atomic E-state index is 13.3. The highest BCUT2D eigenvalue weighted by molar-refractivity contribution is 7.10. The molecule has 0 aromatic carbocycles. The Labute approximate surface area is 153 Å². The summed E-state index contributed by atoms with van der Waals surface area (Å²) < 4.78 is 0. The molecule has 4 heterocycles. The number of hydrogen-bond donors (Lipinski definition) is 0. The fourth-order valence-corrected chi connectivity index (χ4v) is 6.29. The minimum absolute atomic E-state index is 0.117. The fourth-order valence-electron chi connectivity index (χ4n) is 5.39. The number of piperidine rings is 2. The molecule has 5 heteroatoms. The minimum Gasteiger partial charge on any atom is -0.341 e. The Bertz CT molecular complexity index is 659. The summed E-state index contributed by atoms with van der Waals surface area (Å²) in [4.78, 5) is 32.0. The van der Waals surface area contributed by atoms with Gasteiger partial charge >= 0.3 is 0 Å². The van der Waals surface area contributed by atoms with E-state index in [1.54, 1.807) is 11.3 Å². The Morgan fingerprint density at radius 3 is 2.48 bits per heavy atom. The van der Waals surface area contributed by atoms with E-state index in [2.05, 4.69) is 22.4 Å². The van der Waals surface area contributed by atoms with Crippen molar-refractivity contribution in [3.05, 3.63) is 22.4 Å². The molecule has 3 aliphatic heterocycles. The van der Waals surface area contributed by atoms with Crippen LogP contribution in [-0.4, -0.2) is 46.8 Å². The molecule has 2 bridgehead atoms. The van der Waals surface area contributed by atoms with Gasteiger partial charge in [0.15, 0.2) is 0 Å². The van der Waals surface area contributed by atoms with Gasteiger partial charge in [-0.3, -0.25) is 9.59 Å². The predicted octanol–water partition coefficient (Wildman–Crippen LogP) is 3.24. The van der Waals surface area contributed by atoms with Crippen molar-refractivity contribution < 1.29 is 9.59 Å². The van der Waals surface area contributed by atoms with Gasteiger partial charge in [-0.2, -0.15) is 0 Å². The van der Waals surface area contributed by atoms with E-state index in [0.717, 1.165) is 58.0 Å². The van der Waals surface area contributed by atoms with Crippen LogP contribution in [0.3, 0.4) is 0 Å². The Hall–Kier alpha value is -1.36. The number of thiophene rings is 1. The van der Waals surface area contributed by atoms with Gasteiger partial charge in [0.25, 0.3) is 0 Å². The first-order chi connectivity index (χ1) is 12.2. The zero-order chi connectivity index (χ0) is 17.0. The average Bonchev–Trinajstić information content (AvgIpc) is 3.07. The zero-order valence-corrected chi connectivity index (χ0v) is 15.4. The van der Waals surface area contributed by atoms with Crippen LogP contribution >= 0.6 is 11.3 Å². The van der Waals surface area contributed by atoms with E-state index in [9.17, 15) is 9.59 Å². The van der Waals surface area contributed by atoms with Gasteiger partial charge in [-0.05, 0) is 62.3 Å². The molecule has 2 aliphatic carbocycles. The van der Waals surface area contributed by atoms with E-state index in [4.69, 9.17) is 0 Å². The second-order valence-corrected chi connectivity index (χ2v) is 9.23. The smallest absolute Gasteiger partial charge is 0.245 e. The van der Waals surface area contributed by atoms with Crippen LogP contribution in [0.4, 0.5) is 0 Å². The lowest BCUT2D eigenvalue weighted by molar-refractivity contribution is -0.159. The van der Waals surface area contributed by atoms with Crippen LogP contribution in [0.1, 0.15) is 55.7 Å². The summed E-state index contributed by atoms with van der Waals surface area (Å²) in [6.45, 7) is 1.77. The van der Waals surface area contributed by atoms with Gasteiger partial charge in [0.05, 0.1) is 0 Å². The molecule has 4 nitrogen and oxygen atoms in total. The van der Waals surface area contributed by atoms with Crippen molar-refractivity contribution in [1.82, 2.24) is 9.80 Å². The van der Waals surface area contributed by atoms with E-state index in [0.29, 0.717) is 17.9 Å². The van der Waals surface area contributed by atoms with Crippen LogP contribution in [0.15, 0.2) is 17.5 Å². The first-order valence-electron chi connectivity index (χ1n) is 9.88. The molecule has 0 radical (unpaired) electrons. The summed E-state index contributed by atoms with van der Waals surface area (Å²) in [6, 6.07) is 4.36. The van der Waals surface area contributed by atoms with Gasteiger partial charge in [0.2, 0.25) is 11.8 Å². The minimum atomic E-state index is -0.164. The monoisotopic (exact) mass is 358 g/mol. The van der Waals surface area contributed by atoms with E-state index in [1.807, 2.05) is 4.90 Å². The van der Waals surface area contributed by atoms with Crippen molar-refractivity contribution >= 4 is 23.2 Å². The van der Waals surface area contributed by atoms with Gasteiger partial charge in [0, 0.05) is 35.8 Å². The normalized spacial score (nSPS) is 36.7. The Morgan fingerprint density at radius 1 is 1.04 bits per heavy atom. The number of rotatable bonds is 3. The Balaban J connectivity index is 1.38. The largest absolute Gasteiger partial charge is 0.341 e. The topological polar surface area (TPSA) is 40.6 Å². The first-order valence-corrected chi connectivity index (χ1v) is 10.8. The molecule has 6 rings (SSSR count). The molecule has 2 saturated carbocycles. The maximum atomic E-state index is 13.3. The third kappa shape index (κ3) is 2.62. The SMILES string of the molecule is O=C([C@@H]1C2CCC(CC2)N1C(=O)[C@@H]1C[C@@H]1c1cccs1)N1CCCC1. The standard InChI is InChI=1S/C20H26N2O2S/c23-19(16-12-15(16)17-4-3-11-25-17)22-14-7-5-13(6-8-14)18(22)20(24)21-9-1-2-10-21/h3-4,11,13-16,18H,1-2,5-10,12H2/t13?,14?,15-,16+,18-/m0/s1.